The summed E-state index contributed by atoms with van der Waals surface area (Å²) in [6.45, 7) is 2.91. The second-order valence-electron chi connectivity index (χ2n) is 4.79. The lowest BCUT2D eigenvalue weighted by Gasteiger charge is -2.20. The molecule has 2 nitrogen and oxygen atoms in total. The largest absolute Gasteiger partial charge is 0.308 e. The molecule has 1 aromatic heterocycles. The van der Waals surface area contributed by atoms with Gasteiger partial charge in [0.15, 0.2) is 0 Å². The molecule has 2 rings (SSSR count). The van der Waals surface area contributed by atoms with E-state index in [-0.39, 0.29) is 11.1 Å². The van der Waals surface area contributed by atoms with Gasteiger partial charge in [0.25, 0.3) is 0 Å². The fraction of sp³-hybridized carbons (Fsp3) is 0.312. The Morgan fingerprint density at radius 3 is 2.76 bits per heavy atom. The van der Waals surface area contributed by atoms with E-state index in [0.29, 0.717) is 11.4 Å². The highest BCUT2D eigenvalue weighted by atomic mass is 35.5. The molecule has 2 aromatic rings. The molecule has 1 unspecified atom stereocenters. The van der Waals surface area contributed by atoms with Gasteiger partial charge < -0.3 is 5.32 Å². The lowest BCUT2D eigenvalue weighted by Crippen LogP contribution is -2.25. The molecule has 1 N–H and O–H groups in total. The lowest BCUT2D eigenvalue weighted by molar-refractivity contribution is 0.516. The van der Waals surface area contributed by atoms with E-state index in [1.165, 1.54) is 6.07 Å². The maximum absolute atomic E-state index is 13.6. The Morgan fingerprint density at radius 2 is 2.05 bits per heavy atom. The fourth-order valence-electron chi connectivity index (χ4n) is 2.16. The topological polar surface area (TPSA) is 24.9 Å². The summed E-state index contributed by atoms with van der Waals surface area (Å²) >= 11 is 12.3. The maximum Gasteiger partial charge on any atom is 0.142 e. The zero-order valence-electron chi connectivity index (χ0n) is 11.7. The maximum atomic E-state index is 13.6. The van der Waals surface area contributed by atoms with Gasteiger partial charge in [-0.3, -0.25) is 4.98 Å². The van der Waals surface area contributed by atoms with Crippen LogP contribution in [0.3, 0.4) is 0 Å². The van der Waals surface area contributed by atoms with Gasteiger partial charge >= 0.3 is 0 Å². The molecule has 0 fully saturated rings. The molecule has 1 aromatic carbocycles. The van der Waals surface area contributed by atoms with E-state index in [1.54, 1.807) is 24.4 Å². The number of hydrogen-bond donors (Lipinski definition) is 1. The SMILES string of the molecule is CCCNC(Cc1cccc(F)c1Cl)c1ncccc1Cl. The van der Waals surface area contributed by atoms with Gasteiger partial charge in [-0.05, 0) is 43.1 Å². The molecule has 0 saturated carbocycles. The Hall–Kier alpha value is -1.16. The first-order valence-corrected chi connectivity index (χ1v) is 7.65. The minimum absolute atomic E-state index is 0.0991. The van der Waals surface area contributed by atoms with Crippen molar-refractivity contribution in [3.63, 3.8) is 0 Å². The smallest absolute Gasteiger partial charge is 0.142 e. The number of pyridine rings is 1. The van der Waals surface area contributed by atoms with E-state index in [9.17, 15) is 4.39 Å². The predicted molar refractivity (Wildman–Crippen MR) is 85.4 cm³/mol. The van der Waals surface area contributed by atoms with E-state index < -0.39 is 5.82 Å². The summed E-state index contributed by atoms with van der Waals surface area (Å²) in [6.07, 6.45) is 3.22. The van der Waals surface area contributed by atoms with E-state index in [2.05, 4.69) is 17.2 Å². The van der Waals surface area contributed by atoms with Crippen LogP contribution in [0.2, 0.25) is 10.0 Å². The van der Waals surface area contributed by atoms with Crippen LogP contribution < -0.4 is 5.32 Å². The van der Waals surface area contributed by atoms with Crippen LogP contribution in [0.4, 0.5) is 4.39 Å². The summed E-state index contributed by atoms with van der Waals surface area (Å²) in [5, 5.41) is 4.15. The van der Waals surface area contributed by atoms with Crippen molar-refractivity contribution in [2.75, 3.05) is 6.54 Å². The molecule has 112 valence electrons. The van der Waals surface area contributed by atoms with E-state index in [0.717, 1.165) is 24.2 Å². The zero-order valence-corrected chi connectivity index (χ0v) is 13.3. The number of benzene rings is 1. The van der Waals surface area contributed by atoms with Gasteiger partial charge in [0.2, 0.25) is 0 Å². The quantitative estimate of drug-likeness (QED) is 0.823. The highest BCUT2D eigenvalue weighted by Crippen LogP contribution is 2.27. The minimum atomic E-state index is -0.407. The van der Waals surface area contributed by atoms with Crippen molar-refractivity contribution in [1.29, 1.82) is 0 Å². The number of halogens is 3. The van der Waals surface area contributed by atoms with Gasteiger partial charge in [-0.1, -0.05) is 42.3 Å². The summed E-state index contributed by atoms with van der Waals surface area (Å²) < 4.78 is 13.6. The van der Waals surface area contributed by atoms with Crippen molar-refractivity contribution in [3.05, 3.63) is 63.6 Å². The van der Waals surface area contributed by atoms with Gasteiger partial charge in [-0.25, -0.2) is 4.39 Å². The van der Waals surface area contributed by atoms with E-state index in [4.69, 9.17) is 23.2 Å². The average Bonchev–Trinajstić information content (AvgIpc) is 2.48. The van der Waals surface area contributed by atoms with E-state index in [1.807, 2.05) is 6.07 Å². The minimum Gasteiger partial charge on any atom is -0.308 e. The molecular weight excluding hydrogens is 310 g/mol. The van der Waals surface area contributed by atoms with Gasteiger partial charge in [0, 0.05) is 6.20 Å². The Balaban J connectivity index is 2.28. The second-order valence-corrected chi connectivity index (χ2v) is 5.58. The van der Waals surface area contributed by atoms with Crippen LogP contribution in [0, 0.1) is 5.82 Å². The van der Waals surface area contributed by atoms with Crippen molar-refractivity contribution in [1.82, 2.24) is 10.3 Å². The monoisotopic (exact) mass is 326 g/mol. The normalized spacial score (nSPS) is 12.4. The summed E-state index contributed by atoms with van der Waals surface area (Å²) in [7, 11) is 0. The molecule has 0 bridgehead atoms. The third-order valence-corrected chi connectivity index (χ3v) is 3.96. The van der Waals surface area contributed by atoms with Crippen LogP contribution >= 0.6 is 23.2 Å². The Kier molecular flexibility index (Phi) is 5.97. The summed E-state index contributed by atoms with van der Waals surface area (Å²) in [5.74, 6) is -0.407. The van der Waals surface area contributed by atoms with Crippen LogP contribution in [0.25, 0.3) is 0 Å². The predicted octanol–water partition coefficient (Wildman–Crippen LogP) is 4.81. The van der Waals surface area contributed by atoms with Crippen molar-refractivity contribution in [3.8, 4) is 0 Å². The molecule has 0 spiro atoms. The molecular formula is C16H17Cl2FN2. The Labute approximate surface area is 134 Å². The Morgan fingerprint density at radius 1 is 1.24 bits per heavy atom. The fourth-order valence-corrected chi connectivity index (χ4v) is 2.62. The second kappa shape index (κ2) is 7.74. The van der Waals surface area contributed by atoms with Crippen LogP contribution in [-0.2, 0) is 6.42 Å². The number of aromatic nitrogens is 1. The van der Waals surface area contributed by atoms with Crippen LogP contribution in [-0.4, -0.2) is 11.5 Å². The Bertz CT molecular complexity index is 605. The highest BCUT2D eigenvalue weighted by molar-refractivity contribution is 6.31. The van der Waals surface area contributed by atoms with Crippen LogP contribution in [0.1, 0.15) is 30.6 Å². The first-order valence-electron chi connectivity index (χ1n) is 6.90. The van der Waals surface area contributed by atoms with Gasteiger partial charge in [-0.15, -0.1) is 0 Å². The highest BCUT2D eigenvalue weighted by Gasteiger charge is 2.18. The van der Waals surface area contributed by atoms with Crippen LogP contribution in [0.15, 0.2) is 36.5 Å². The molecule has 0 aliphatic heterocycles. The summed E-state index contributed by atoms with van der Waals surface area (Å²) in [6, 6.07) is 8.33. The van der Waals surface area contributed by atoms with Crippen molar-refractivity contribution >= 4 is 23.2 Å². The molecule has 0 saturated heterocycles. The number of nitrogens with one attached hydrogen (secondary N) is 1. The third kappa shape index (κ3) is 4.16. The molecule has 0 radical (unpaired) electrons. The number of hydrogen-bond acceptors (Lipinski definition) is 2. The van der Waals surface area contributed by atoms with Gasteiger partial charge in [0.05, 0.1) is 21.8 Å². The first-order chi connectivity index (χ1) is 10.1. The van der Waals surface area contributed by atoms with Gasteiger partial charge in [0.1, 0.15) is 5.82 Å². The van der Waals surface area contributed by atoms with Gasteiger partial charge in [-0.2, -0.15) is 0 Å². The average molecular weight is 327 g/mol. The van der Waals surface area contributed by atoms with Crippen LogP contribution in [0.5, 0.6) is 0 Å². The summed E-state index contributed by atoms with van der Waals surface area (Å²) in [5.41, 5.74) is 1.50. The molecule has 5 heteroatoms. The first kappa shape index (κ1) is 16.2. The van der Waals surface area contributed by atoms with E-state index >= 15 is 0 Å². The molecule has 21 heavy (non-hydrogen) atoms. The number of rotatable bonds is 6. The lowest BCUT2D eigenvalue weighted by atomic mass is 10.0. The summed E-state index contributed by atoms with van der Waals surface area (Å²) in [4.78, 5) is 4.35. The van der Waals surface area contributed by atoms with Crippen molar-refractivity contribution in [2.45, 2.75) is 25.8 Å². The zero-order chi connectivity index (χ0) is 15.2. The standard InChI is InChI=1S/C16H17Cl2FN2/c1-2-8-20-14(16-12(17)6-4-9-21-16)10-11-5-3-7-13(19)15(11)18/h3-7,9,14,20H,2,8,10H2,1H3. The number of nitrogens with zero attached hydrogens (tertiary/aromatic N) is 1. The molecule has 1 heterocycles. The molecule has 0 amide bonds. The van der Waals surface area contributed by atoms with Crippen molar-refractivity contribution < 1.29 is 4.39 Å². The molecule has 0 aliphatic rings. The third-order valence-electron chi connectivity index (χ3n) is 3.21. The molecule has 0 aliphatic carbocycles. The van der Waals surface area contributed by atoms with Crippen molar-refractivity contribution in [2.24, 2.45) is 0 Å². The molecule has 1 atom stereocenters.